The Morgan fingerprint density at radius 3 is 2.03 bits per heavy atom. The first kappa shape index (κ1) is 21.3. The Labute approximate surface area is 188 Å². The maximum Gasteiger partial charge on any atom is 0.333 e. The third kappa shape index (κ3) is 5.03. The van der Waals surface area contributed by atoms with Gasteiger partial charge in [0.1, 0.15) is 12.4 Å². The van der Waals surface area contributed by atoms with E-state index in [1.165, 1.54) is 5.56 Å². The highest BCUT2D eigenvalue weighted by molar-refractivity contribution is 5.86. The lowest BCUT2D eigenvalue weighted by Crippen LogP contribution is -2.13. The van der Waals surface area contributed by atoms with E-state index in [4.69, 9.17) is 9.72 Å². The Hall–Kier alpha value is -3.92. The number of benzene rings is 3. The summed E-state index contributed by atoms with van der Waals surface area (Å²) in [4.78, 5) is 17.0. The molecule has 0 fully saturated rings. The molecular formula is C28H26N2O2. The topological polar surface area (TPSA) is 44.1 Å². The third-order valence-electron chi connectivity index (χ3n) is 5.28. The quantitative estimate of drug-likeness (QED) is 0.266. The maximum absolute atomic E-state index is 12.1. The summed E-state index contributed by atoms with van der Waals surface area (Å²) in [6, 6.07) is 30.8. The number of hydrogen-bond acceptors (Lipinski definition) is 3. The van der Waals surface area contributed by atoms with Gasteiger partial charge in [0.25, 0.3) is 0 Å². The zero-order chi connectivity index (χ0) is 22.3. The van der Waals surface area contributed by atoms with E-state index in [9.17, 15) is 4.79 Å². The molecule has 0 saturated heterocycles. The van der Waals surface area contributed by atoms with Crippen LogP contribution in [0, 0.1) is 0 Å². The fourth-order valence-electron chi connectivity index (χ4n) is 3.65. The highest BCUT2D eigenvalue weighted by Gasteiger charge is 2.20. The number of rotatable bonds is 8. The van der Waals surface area contributed by atoms with Crippen LogP contribution in [0.5, 0.6) is 0 Å². The third-order valence-corrected chi connectivity index (χ3v) is 5.28. The maximum atomic E-state index is 12.1. The van der Waals surface area contributed by atoms with Crippen LogP contribution in [-0.4, -0.2) is 15.5 Å². The van der Waals surface area contributed by atoms with Gasteiger partial charge in [0.15, 0.2) is 0 Å². The molecule has 4 heteroatoms. The van der Waals surface area contributed by atoms with E-state index in [1.807, 2.05) is 54.6 Å². The van der Waals surface area contributed by atoms with Crippen LogP contribution in [0.4, 0.5) is 0 Å². The second kappa shape index (κ2) is 9.92. The molecule has 4 aromatic rings. The van der Waals surface area contributed by atoms with Gasteiger partial charge in [-0.25, -0.2) is 9.78 Å². The molecule has 0 unspecified atom stereocenters. The molecule has 0 N–H and O–H groups in total. The van der Waals surface area contributed by atoms with Crippen LogP contribution in [-0.2, 0) is 29.1 Å². The highest BCUT2D eigenvalue weighted by Crippen LogP contribution is 2.28. The summed E-state index contributed by atoms with van der Waals surface area (Å²) in [5.74, 6) is 0.304. The molecule has 0 atom stereocenters. The van der Waals surface area contributed by atoms with Gasteiger partial charge in [-0.2, -0.15) is 0 Å². The average molecular weight is 423 g/mol. The molecule has 0 radical (unpaired) electrons. The molecule has 4 rings (SSSR count). The van der Waals surface area contributed by atoms with Crippen molar-refractivity contribution in [2.75, 3.05) is 0 Å². The van der Waals surface area contributed by atoms with Gasteiger partial charge >= 0.3 is 5.97 Å². The van der Waals surface area contributed by atoms with Crippen LogP contribution in [0.2, 0.25) is 0 Å². The molecule has 4 nitrogen and oxygen atoms in total. The zero-order valence-electron chi connectivity index (χ0n) is 18.2. The van der Waals surface area contributed by atoms with Gasteiger partial charge in [0.2, 0.25) is 0 Å². The van der Waals surface area contributed by atoms with E-state index in [0.717, 1.165) is 28.9 Å². The number of hydrogen-bond donors (Lipinski definition) is 0. The molecule has 0 amide bonds. The summed E-state index contributed by atoms with van der Waals surface area (Å²) in [5, 5.41) is 0. The summed E-state index contributed by atoms with van der Waals surface area (Å²) in [7, 11) is 0. The van der Waals surface area contributed by atoms with Crippen molar-refractivity contribution in [3.8, 4) is 11.3 Å². The number of aromatic nitrogens is 2. The molecule has 0 aliphatic rings. The van der Waals surface area contributed by atoms with E-state index in [1.54, 1.807) is 6.92 Å². The lowest BCUT2D eigenvalue weighted by molar-refractivity contribution is -0.140. The van der Waals surface area contributed by atoms with Crippen molar-refractivity contribution in [2.45, 2.75) is 26.5 Å². The van der Waals surface area contributed by atoms with E-state index in [0.29, 0.717) is 17.9 Å². The standard InChI is InChI=1S/C28H26N2O2/c1-21(2)28(31)32-20-26-29-27(24-16-10-5-11-17-24)25(18-22-12-6-3-7-13-22)30(26)19-23-14-8-4-9-15-23/h3-17H,1,18-20H2,2H3. The molecule has 0 aliphatic heterocycles. The lowest BCUT2D eigenvalue weighted by Gasteiger charge is -2.14. The smallest absolute Gasteiger partial charge is 0.333 e. The van der Waals surface area contributed by atoms with Crippen LogP contribution in [0.3, 0.4) is 0 Å². The molecular weight excluding hydrogens is 396 g/mol. The first-order valence-corrected chi connectivity index (χ1v) is 10.7. The summed E-state index contributed by atoms with van der Waals surface area (Å²) >= 11 is 0. The number of nitrogens with zero attached hydrogens (tertiary/aromatic N) is 2. The Balaban J connectivity index is 1.82. The number of carbonyl (C=O) groups is 1. The van der Waals surface area contributed by atoms with E-state index < -0.39 is 5.97 Å². The summed E-state index contributed by atoms with van der Waals surface area (Å²) in [6.45, 7) is 6.06. The van der Waals surface area contributed by atoms with Gasteiger partial charge in [-0.15, -0.1) is 0 Å². The van der Waals surface area contributed by atoms with Gasteiger partial charge in [-0.05, 0) is 18.1 Å². The minimum Gasteiger partial charge on any atom is -0.454 e. The Kier molecular flexibility index (Phi) is 6.61. The van der Waals surface area contributed by atoms with Gasteiger partial charge in [-0.1, -0.05) is 97.6 Å². The fraction of sp³-hybridized carbons (Fsp3) is 0.143. The van der Waals surface area contributed by atoms with E-state index in [2.05, 4.69) is 47.5 Å². The minimum atomic E-state index is -0.412. The Bertz CT molecular complexity index is 1200. The molecule has 32 heavy (non-hydrogen) atoms. The zero-order valence-corrected chi connectivity index (χ0v) is 18.2. The normalized spacial score (nSPS) is 10.7. The molecule has 0 spiro atoms. The molecule has 1 heterocycles. The van der Waals surface area contributed by atoms with Gasteiger partial charge in [-0.3, -0.25) is 0 Å². The fourth-order valence-corrected chi connectivity index (χ4v) is 3.65. The predicted octanol–water partition coefficient (Wildman–Crippen LogP) is 5.81. The number of ether oxygens (including phenoxy) is 1. The van der Waals surface area contributed by atoms with Crippen molar-refractivity contribution in [3.63, 3.8) is 0 Å². The first-order chi connectivity index (χ1) is 15.6. The van der Waals surface area contributed by atoms with Crippen molar-refractivity contribution < 1.29 is 9.53 Å². The lowest BCUT2D eigenvalue weighted by atomic mass is 10.0. The summed E-state index contributed by atoms with van der Waals surface area (Å²) in [6.07, 6.45) is 0.722. The monoisotopic (exact) mass is 422 g/mol. The first-order valence-electron chi connectivity index (χ1n) is 10.7. The van der Waals surface area contributed by atoms with Crippen molar-refractivity contribution in [3.05, 3.63) is 126 Å². The number of carbonyl (C=O) groups excluding carboxylic acids is 1. The second-order valence-corrected chi connectivity index (χ2v) is 7.78. The van der Waals surface area contributed by atoms with E-state index >= 15 is 0 Å². The van der Waals surface area contributed by atoms with Crippen LogP contribution >= 0.6 is 0 Å². The van der Waals surface area contributed by atoms with Crippen LogP contribution in [0.15, 0.2) is 103 Å². The van der Waals surface area contributed by atoms with Gasteiger partial charge in [0, 0.05) is 24.1 Å². The van der Waals surface area contributed by atoms with Crippen molar-refractivity contribution in [1.29, 1.82) is 0 Å². The predicted molar refractivity (Wildman–Crippen MR) is 127 cm³/mol. The molecule has 0 bridgehead atoms. The summed E-state index contributed by atoms with van der Waals surface area (Å²) < 4.78 is 7.68. The van der Waals surface area contributed by atoms with Crippen molar-refractivity contribution in [1.82, 2.24) is 9.55 Å². The van der Waals surface area contributed by atoms with Gasteiger partial charge in [0.05, 0.1) is 11.4 Å². The largest absolute Gasteiger partial charge is 0.454 e. The highest BCUT2D eigenvalue weighted by atomic mass is 16.5. The molecule has 0 aliphatic carbocycles. The van der Waals surface area contributed by atoms with Gasteiger partial charge < -0.3 is 9.30 Å². The minimum absolute atomic E-state index is 0.0904. The molecule has 3 aromatic carbocycles. The second-order valence-electron chi connectivity index (χ2n) is 7.78. The Morgan fingerprint density at radius 1 is 0.875 bits per heavy atom. The Morgan fingerprint density at radius 2 is 1.44 bits per heavy atom. The molecule has 1 aromatic heterocycles. The van der Waals surface area contributed by atoms with Crippen LogP contribution in [0.1, 0.15) is 29.6 Å². The van der Waals surface area contributed by atoms with Crippen LogP contribution in [0.25, 0.3) is 11.3 Å². The molecule has 160 valence electrons. The molecule has 0 saturated carbocycles. The SMILES string of the molecule is C=C(C)C(=O)OCc1nc(-c2ccccc2)c(Cc2ccccc2)n1Cc1ccccc1. The van der Waals surface area contributed by atoms with Crippen molar-refractivity contribution in [2.24, 2.45) is 0 Å². The van der Waals surface area contributed by atoms with E-state index in [-0.39, 0.29) is 6.61 Å². The summed E-state index contributed by atoms with van der Waals surface area (Å²) in [5.41, 5.74) is 5.77. The average Bonchev–Trinajstić information content (AvgIpc) is 3.16. The van der Waals surface area contributed by atoms with Crippen molar-refractivity contribution >= 4 is 5.97 Å². The number of imidazole rings is 1. The number of esters is 1. The van der Waals surface area contributed by atoms with Crippen LogP contribution < -0.4 is 0 Å².